The van der Waals surface area contributed by atoms with Crippen LogP contribution in [0.4, 0.5) is 0 Å². The molecule has 1 rings (SSSR count). The van der Waals surface area contributed by atoms with Crippen LogP contribution < -0.4 is 0 Å². The number of aliphatic hydroxyl groups is 2. The van der Waals surface area contributed by atoms with Crippen LogP contribution in [-0.4, -0.2) is 16.3 Å². The summed E-state index contributed by atoms with van der Waals surface area (Å²) >= 11 is 5.89. The van der Waals surface area contributed by atoms with E-state index in [1.807, 2.05) is 6.92 Å². The number of aliphatic hydroxyl groups excluding tert-OH is 2. The Kier molecular flexibility index (Phi) is 4.39. The molecule has 78 valence electrons. The summed E-state index contributed by atoms with van der Waals surface area (Å²) in [4.78, 5) is 0. The first-order valence-electron chi connectivity index (χ1n) is 4.77. The average Bonchev–Trinajstić information content (AvgIpc) is 2.18. The van der Waals surface area contributed by atoms with Gasteiger partial charge < -0.3 is 10.2 Å². The monoisotopic (exact) mass is 214 g/mol. The molecule has 0 saturated heterocycles. The molecule has 0 unspecified atom stereocenters. The SMILES string of the molecule is CCC[C@@H](O)[C@H](O)c1ccccc1Cl. The summed E-state index contributed by atoms with van der Waals surface area (Å²) in [5, 5.41) is 19.8. The smallest absolute Gasteiger partial charge is 0.106 e. The average molecular weight is 215 g/mol. The van der Waals surface area contributed by atoms with E-state index in [9.17, 15) is 10.2 Å². The van der Waals surface area contributed by atoms with Gasteiger partial charge in [-0.15, -0.1) is 0 Å². The van der Waals surface area contributed by atoms with Crippen molar-refractivity contribution in [1.82, 2.24) is 0 Å². The first-order valence-corrected chi connectivity index (χ1v) is 5.15. The molecule has 0 radical (unpaired) electrons. The van der Waals surface area contributed by atoms with E-state index in [4.69, 9.17) is 11.6 Å². The number of hydrogen-bond donors (Lipinski definition) is 2. The highest BCUT2D eigenvalue weighted by Crippen LogP contribution is 2.26. The third kappa shape index (κ3) is 2.71. The van der Waals surface area contributed by atoms with Crippen LogP contribution in [0.15, 0.2) is 24.3 Å². The Morgan fingerprint density at radius 1 is 1.29 bits per heavy atom. The molecule has 0 spiro atoms. The molecule has 2 N–H and O–H groups in total. The highest BCUT2D eigenvalue weighted by atomic mass is 35.5. The second-order valence-corrected chi connectivity index (χ2v) is 3.73. The second kappa shape index (κ2) is 5.35. The van der Waals surface area contributed by atoms with Crippen LogP contribution in [-0.2, 0) is 0 Å². The van der Waals surface area contributed by atoms with Gasteiger partial charge in [0, 0.05) is 10.6 Å². The molecule has 14 heavy (non-hydrogen) atoms. The summed E-state index contributed by atoms with van der Waals surface area (Å²) in [6, 6.07) is 7.03. The van der Waals surface area contributed by atoms with Crippen molar-refractivity contribution in [2.24, 2.45) is 0 Å². The van der Waals surface area contributed by atoms with E-state index in [-0.39, 0.29) is 0 Å². The summed E-state index contributed by atoms with van der Waals surface area (Å²) < 4.78 is 0. The Bertz CT molecular complexity index is 288. The summed E-state index contributed by atoms with van der Waals surface area (Å²) in [5.74, 6) is 0. The molecule has 2 atom stereocenters. The molecule has 1 aromatic carbocycles. The van der Waals surface area contributed by atoms with E-state index >= 15 is 0 Å². The molecule has 0 amide bonds. The van der Waals surface area contributed by atoms with Crippen LogP contribution in [0.1, 0.15) is 31.4 Å². The van der Waals surface area contributed by atoms with Crippen molar-refractivity contribution in [1.29, 1.82) is 0 Å². The van der Waals surface area contributed by atoms with Crippen molar-refractivity contribution in [3.05, 3.63) is 34.9 Å². The molecule has 2 nitrogen and oxygen atoms in total. The minimum Gasteiger partial charge on any atom is -0.390 e. The lowest BCUT2D eigenvalue weighted by Crippen LogP contribution is -2.18. The van der Waals surface area contributed by atoms with Crippen molar-refractivity contribution in [3.63, 3.8) is 0 Å². The Morgan fingerprint density at radius 2 is 1.93 bits per heavy atom. The normalized spacial score (nSPS) is 15.1. The number of benzene rings is 1. The molecular weight excluding hydrogens is 200 g/mol. The van der Waals surface area contributed by atoms with Gasteiger partial charge in [-0.1, -0.05) is 43.1 Å². The zero-order chi connectivity index (χ0) is 10.6. The molecular formula is C11H15ClO2. The minimum atomic E-state index is -0.886. The fraction of sp³-hybridized carbons (Fsp3) is 0.455. The highest BCUT2D eigenvalue weighted by molar-refractivity contribution is 6.31. The first kappa shape index (κ1) is 11.5. The fourth-order valence-corrected chi connectivity index (χ4v) is 1.62. The van der Waals surface area contributed by atoms with Gasteiger partial charge in [-0.3, -0.25) is 0 Å². The van der Waals surface area contributed by atoms with Gasteiger partial charge in [0.15, 0.2) is 0 Å². The summed E-state index contributed by atoms with van der Waals surface area (Å²) in [7, 11) is 0. The lowest BCUT2D eigenvalue weighted by atomic mass is 10.0. The lowest BCUT2D eigenvalue weighted by Gasteiger charge is -2.18. The van der Waals surface area contributed by atoms with Gasteiger partial charge in [0.05, 0.1) is 6.10 Å². The molecule has 0 aliphatic carbocycles. The topological polar surface area (TPSA) is 40.5 Å². The molecule has 0 fully saturated rings. The zero-order valence-corrected chi connectivity index (χ0v) is 8.91. The van der Waals surface area contributed by atoms with Gasteiger partial charge in [-0.2, -0.15) is 0 Å². The quantitative estimate of drug-likeness (QED) is 0.809. The summed E-state index contributed by atoms with van der Waals surface area (Å²) in [6.07, 6.45) is -0.210. The standard InChI is InChI=1S/C11H15ClO2/c1-2-5-10(13)11(14)8-6-3-4-7-9(8)12/h3-4,6-7,10-11,13-14H,2,5H2,1H3/t10-,11-/m1/s1. The van der Waals surface area contributed by atoms with Gasteiger partial charge in [-0.05, 0) is 12.5 Å². The molecule has 0 heterocycles. The maximum absolute atomic E-state index is 9.77. The van der Waals surface area contributed by atoms with E-state index in [0.29, 0.717) is 17.0 Å². The Balaban J connectivity index is 2.78. The Morgan fingerprint density at radius 3 is 2.50 bits per heavy atom. The van der Waals surface area contributed by atoms with E-state index in [1.165, 1.54) is 0 Å². The van der Waals surface area contributed by atoms with Crippen LogP contribution in [0.5, 0.6) is 0 Å². The van der Waals surface area contributed by atoms with Gasteiger partial charge in [0.1, 0.15) is 6.10 Å². The van der Waals surface area contributed by atoms with Crippen LogP contribution in [0.3, 0.4) is 0 Å². The lowest BCUT2D eigenvalue weighted by molar-refractivity contribution is 0.0131. The predicted molar refractivity (Wildman–Crippen MR) is 57.3 cm³/mol. The van der Waals surface area contributed by atoms with Crippen molar-refractivity contribution in [2.75, 3.05) is 0 Å². The van der Waals surface area contributed by atoms with Gasteiger partial charge in [0.25, 0.3) is 0 Å². The summed E-state index contributed by atoms with van der Waals surface area (Å²) in [6.45, 7) is 1.96. The molecule has 0 saturated carbocycles. The number of halogens is 1. The molecule has 0 bridgehead atoms. The summed E-state index contributed by atoms with van der Waals surface area (Å²) in [5.41, 5.74) is 0.593. The van der Waals surface area contributed by atoms with Gasteiger partial charge >= 0.3 is 0 Å². The third-order valence-electron chi connectivity index (χ3n) is 2.17. The van der Waals surface area contributed by atoms with E-state index < -0.39 is 12.2 Å². The van der Waals surface area contributed by atoms with Crippen molar-refractivity contribution in [3.8, 4) is 0 Å². The minimum absolute atomic E-state index is 0.496. The van der Waals surface area contributed by atoms with Gasteiger partial charge in [0.2, 0.25) is 0 Å². The molecule has 0 aromatic heterocycles. The van der Waals surface area contributed by atoms with E-state index in [0.717, 1.165) is 6.42 Å². The van der Waals surface area contributed by atoms with Crippen LogP contribution in [0, 0.1) is 0 Å². The molecule has 0 aliphatic rings. The van der Waals surface area contributed by atoms with E-state index in [2.05, 4.69) is 0 Å². The molecule has 3 heteroatoms. The van der Waals surface area contributed by atoms with Crippen molar-refractivity contribution in [2.45, 2.75) is 32.0 Å². The molecule has 0 aliphatic heterocycles. The number of rotatable bonds is 4. The first-order chi connectivity index (χ1) is 6.66. The van der Waals surface area contributed by atoms with E-state index in [1.54, 1.807) is 24.3 Å². The fourth-order valence-electron chi connectivity index (χ4n) is 1.38. The zero-order valence-electron chi connectivity index (χ0n) is 8.15. The molecule has 1 aromatic rings. The Labute approximate surface area is 89.1 Å². The van der Waals surface area contributed by atoms with Crippen LogP contribution in [0.2, 0.25) is 5.02 Å². The second-order valence-electron chi connectivity index (χ2n) is 3.32. The largest absolute Gasteiger partial charge is 0.390 e. The van der Waals surface area contributed by atoms with Crippen LogP contribution in [0.25, 0.3) is 0 Å². The maximum Gasteiger partial charge on any atom is 0.106 e. The number of hydrogen-bond acceptors (Lipinski definition) is 2. The predicted octanol–water partition coefficient (Wildman–Crippen LogP) is 2.53. The highest BCUT2D eigenvalue weighted by Gasteiger charge is 2.19. The Hall–Kier alpha value is -0.570. The van der Waals surface area contributed by atoms with Crippen molar-refractivity contribution >= 4 is 11.6 Å². The maximum atomic E-state index is 9.77. The third-order valence-corrected chi connectivity index (χ3v) is 2.52. The van der Waals surface area contributed by atoms with Crippen LogP contribution >= 0.6 is 11.6 Å². The van der Waals surface area contributed by atoms with Gasteiger partial charge in [-0.25, -0.2) is 0 Å². The van der Waals surface area contributed by atoms with Crippen molar-refractivity contribution < 1.29 is 10.2 Å².